The van der Waals surface area contributed by atoms with E-state index in [1.807, 2.05) is 0 Å². The van der Waals surface area contributed by atoms with Crippen LogP contribution in [0.5, 0.6) is 5.75 Å². The Labute approximate surface area is 154 Å². The van der Waals surface area contributed by atoms with Crippen LogP contribution in [0.15, 0.2) is 48.7 Å². The van der Waals surface area contributed by atoms with Gasteiger partial charge in [0.1, 0.15) is 22.5 Å². The van der Waals surface area contributed by atoms with Crippen LogP contribution in [-0.4, -0.2) is 29.6 Å². The number of anilines is 2. The molecular weight excluding hydrogens is 350 g/mol. The summed E-state index contributed by atoms with van der Waals surface area (Å²) in [6.45, 7) is 1.89. The molecule has 1 aromatic heterocycles. The van der Waals surface area contributed by atoms with E-state index in [1.54, 1.807) is 43.3 Å². The number of aromatic nitrogens is 1. The van der Waals surface area contributed by atoms with Crippen molar-refractivity contribution in [3.63, 3.8) is 0 Å². The number of hydrogen-bond donors (Lipinski definition) is 1. The molecule has 0 aliphatic rings. The fourth-order valence-corrected chi connectivity index (χ4v) is 2.73. The maximum Gasteiger partial charge on any atom is 0.341 e. The minimum Gasteiger partial charge on any atom is -0.494 e. The van der Waals surface area contributed by atoms with Gasteiger partial charge in [-0.3, -0.25) is 15.1 Å². The van der Waals surface area contributed by atoms with Crippen molar-refractivity contribution >= 4 is 33.9 Å². The van der Waals surface area contributed by atoms with Gasteiger partial charge >= 0.3 is 5.97 Å². The van der Waals surface area contributed by atoms with Gasteiger partial charge in [-0.1, -0.05) is 24.3 Å². The number of ether oxygens (including phenoxy) is 2. The van der Waals surface area contributed by atoms with E-state index < -0.39 is 10.9 Å². The van der Waals surface area contributed by atoms with Gasteiger partial charge in [0.25, 0.3) is 5.69 Å². The van der Waals surface area contributed by atoms with E-state index in [0.29, 0.717) is 22.3 Å². The molecule has 0 saturated heterocycles. The molecular formula is C19H17N3O5. The minimum atomic E-state index is -0.573. The maximum atomic E-state index is 12.4. The highest BCUT2D eigenvalue weighted by Gasteiger charge is 2.21. The van der Waals surface area contributed by atoms with Gasteiger partial charge in [-0.25, -0.2) is 4.79 Å². The second-order valence-electron chi connectivity index (χ2n) is 5.52. The van der Waals surface area contributed by atoms with Crippen molar-refractivity contribution in [3.8, 4) is 5.75 Å². The van der Waals surface area contributed by atoms with Gasteiger partial charge in [-0.15, -0.1) is 0 Å². The Bertz CT molecular complexity index is 1020. The number of rotatable bonds is 6. The molecule has 0 aliphatic heterocycles. The van der Waals surface area contributed by atoms with E-state index >= 15 is 0 Å². The van der Waals surface area contributed by atoms with Crippen molar-refractivity contribution in [3.05, 3.63) is 64.3 Å². The number of benzene rings is 2. The van der Waals surface area contributed by atoms with Gasteiger partial charge in [-0.05, 0) is 19.1 Å². The predicted octanol–water partition coefficient (Wildman–Crippen LogP) is 4.07. The Balaban J connectivity index is 2.23. The summed E-state index contributed by atoms with van der Waals surface area (Å²) in [4.78, 5) is 27.6. The molecule has 138 valence electrons. The van der Waals surface area contributed by atoms with Crippen molar-refractivity contribution in [2.24, 2.45) is 0 Å². The number of nitrogens with zero attached hydrogens (tertiary/aromatic N) is 2. The van der Waals surface area contributed by atoms with Crippen LogP contribution in [0.3, 0.4) is 0 Å². The van der Waals surface area contributed by atoms with Crippen LogP contribution in [0, 0.1) is 10.1 Å². The third kappa shape index (κ3) is 3.50. The average molecular weight is 367 g/mol. The Morgan fingerprint density at radius 3 is 2.70 bits per heavy atom. The van der Waals surface area contributed by atoms with Crippen LogP contribution in [0.4, 0.5) is 17.1 Å². The maximum absolute atomic E-state index is 12.4. The second kappa shape index (κ2) is 7.69. The Morgan fingerprint density at radius 1 is 1.22 bits per heavy atom. The number of hydrogen-bond acceptors (Lipinski definition) is 7. The molecule has 8 heteroatoms. The number of carbonyl (C=O) groups is 1. The lowest BCUT2D eigenvalue weighted by Gasteiger charge is -2.15. The van der Waals surface area contributed by atoms with E-state index in [9.17, 15) is 14.9 Å². The number of pyridine rings is 1. The molecule has 2 aromatic carbocycles. The summed E-state index contributed by atoms with van der Waals surface area (Å²) in [6, 6.07) is 11.4. The Kier molecular flexibility index (Phi) is 5.16. The zero-order valence-corrected chi connectivity index (χ0v) is 14.8. The van der Waals surface area contributed by atoms with Crippen molar-refractivity contribution in [1.82, 2.24) is 4.98 Å². The zero-order chi connectivity index (χ0) is 19.4. The molecule has 1 N–H and O–H groups in total. The smallest absolute Gasteiger partial charge is 0.341 e. The number of esters is 1. The van der Waals surface area contributed by atoms with Crippen LogP contribution in [0.1, 0.15) is 17.3 Å². The first kappa shape index (κ1) is 18.1. The van der Waals surface area contributed by atoms with Crippen LogP contribution >= 0.6 is 0 Å². The summed E-state index contributed by atoms with van der Waals surface area (Å²) in [5.74, 6) is -0.0516. The summed E-state index contributed by atoms with van der Waals surface area (Å²) in [5, 5.41) is 14.9. The standard InChI is InChI=1S/C19H17N3O5/c1-3-27-19(23)13-11-20-18-12(7-6-10-16(18)26-2)17(13)21-14-8-4-5-9-15(14)22(24)25/h4-11H,3H2,1-2H3,(H,20,21). The molecule has 0 aliphatic carbocycles. The van der Waals surface area contributed by atoms with Gasteiger partial charge in [0.2, 0.25) is 0 Å². The van der Waals surface area contributed by atoms with Crippen molar-refractivity contribution in [1.29, 1.82) is 0 Å². The van der Waals surface area contributed by atoms with Crippen LogP contribution in [0.25, 0.3) is 10.9 Å². The van der Waals surface area contributed by atoms with Gasteiger partial charge < -0.3 is 14.8 Å². The minimum absolute atomic E-state index is 0.111. The topological polar surface area (TPSA) is 104 Å². The van der Waals surface area contributed by atoms with Crippen LogP contribution in [0.2, 0.25) is 0 Å². The van der Waals surface area contributed by atoms with Gasteiger partial charge in [0, 0.05) is 17.6 Å². The lowest BCUT2D eigenvalue weighted by Crippen LogP contribution is -2.10. The summed E-state index contributed by atoms with van der Waals surface area (Å²) < 4.78 is 10.4. The Morgan fingerprint density at radius 2 is 2.00 bits per heavy atom. The van der Waals surface area contributed by atoms with Crippen LogP contribution in [-0.2, 0) is 4.74 Å². The molecule has 27 heavy (non-hydrogen) atoms. The fraction of sp³-hybridized carbons (Fsp3) is 0.158. The monoisotopic (exact) mass is 367 g/mol. The summed E-state index contributed by atoms with van der Waals surface area (Å²) in [7, 11) is 1.52. The highest BCUT2D eigenvalue weighted by molar-refractivity contribution is 6.07. The first-order valence-corrected chi connectivity index (χ1v) is 8.20. The molecule has 0 saturated carbocycles. The number of nitro groups is 1. The fourth-order valence-electron chi connectivity index (χ4n) is 2.73. The normalized spacial score (nSPS) is 10.4. The first-order valence-electron chi connectivity index (χ1n) is 8.20. The third-order valence-corrected chi connectivity index (χ3v) is 3.94. The van der Waals surface area contributed by atoms with E-state index in [1.165, 1.54) is 19.4 Å². The van der Waals surface area contributed by atoms with Gasteiger partial charge in [-0.2, -0.15) is 0 Å². The number of carbonyl (C=O) groups excluding carboxylic acids is 1. The SMILES string of the molecule is CCOC(=O)c1cnc2c(OC)cccc2c1Nc1ccccc1[N+](=O)[O-]. The summed E-state index contributed by atoms with van der Waals surface area (Å²) in [5.41, 5.74) is 1.21. The highest BCUT2D eigenvalue weighted by atomic mass is 16.6. The summed E-state index contributed by atoms with van der Waals surface area (Å²) in [6.07, 6.45) is 1.37. The zero-order valence-electron chi connectivity index (χ0n) is 14.8. The quantitative estimate of drug-likeness (QED) is 0.398. The highest BCUT2D eigenvalue weighted by Crippen LogP contribution is 2.36. The molecule has 3 rings (SSSR count). The molecule has 0 spiro atoms. The Hall–Kier alpha value is -3.68. The first-order chi connectivity index (χ1) is 13.1. The summed E-state index contributed by atoms with van der Waals surface area (Å²) >= 11 is 0. The van der Waals surface area contributed by atoms with Gasteiger partial charge in [0.05, 0.1) is 24.3 Å². The van der Waals surface area contributed by atoms with E-state index in [2.05, 4.69) is 10.3 Å². The number of nitrogens with one attached hydrogen (secondary N) is 1. The molecule has 0 bridgehead atoms. The predicted molar refractivity (Wildman–Crippen MR) is 101 cm³/mol. The molecule has 0 amide bonds. The molecule has 0 atom stereocenters. The molecule has 1 heterocycles. The number of nitro benzene ring substituents is 1. The molecule has 0 unspecified atom stereocenters. The molecule has 0 radical (unpaired) electrons. The van der Waals surface area contributed by atoms with Crippen molar-refractivity contribution in [2.45, 2.75) is 6.92 Å². The van der Waals surface area contributed by atoms with E-state index in [4.69, 9.17) is 9.47 Å². The lowest BCUT2D eigenvalue weighted by molar-refractivity contribution is -0.383. The van der Waals surface area contributed by atoms with Gasteiger partial charge in [0.15, 0.2) is 0 Å². The van der Waals surface area contributed by atoms with E-state index in [0.717, 1.165) is 0 Å². The number of methoxy groups -OCH3 is 1. The number of para-hydroxylation sites is 3. The lowest BCUT2D eigenvalue weighted by atomic mass is 10.1. The largest absolute Gasteiger partial charge is 0.494 e. The second-order valence-corrected chi connectivity index (χ2v) is 5.52. The van der Waals surface area contributed by atoms with E-state index in [-0.39, 0.29) is 23.5 Å². The third-order valence-electron chi connectivity index (χ3n) is 3.94. The molecule has 3 aromatic rings. The van der Waals surface area contributed by atoms with Crippen molar-refractivity contribution in [2.75, 3.05) is 19.0 Å². The van der Waals surface area contributed by atoms with Crippen molar-refractivity contribution < 1.29 is 19.2 Å². The average Bonchev–Trinajstić information content (AvgIpc) is 2.68. The number of fused-ring (bicyclic) bond motifs is 1. The molecule has 0 fully saturated rings. The van der Waals surface area contributed by atoms with Crippen LogP contribution < -0.4 is 10.1 Å². The molecule has 8 nitrogen and oxygen atoms in total.